The molecule has 0 bridgehead atoms. The van der Waals surface area contributed by atoms with Crippen LogP contribution in [-0.4, -0.2) is 50.9 Å². The second kappa shape index (κ2) is 7.75. The highest BCUT2D eigenvalue weighted by Crippen LogP contribution is 2.16. The molecule has 0 aliphatic heterocycles. The van der Waals surface area contributed by atoms with Crippen LogP contribution in [0.3, 0.4) is 0 Å². The number of carbonyl (C=O) groups excluding carboxylic acids is 1. The molecule has 116 valence electrons. The van der Waals surface area contributed by atoms with Crippen LogP contribution in [0.15, 0.2) is 29.2 Å². The first-order valence-corrected chi connectivity index (χ1v) is 7.93. The van der Waals surface area contributed by atoms with Crippen LogP contribution in [0.1, 0.15) is 17.3 Å². The summed E-state index contributed by atoms with van der Waals surface area (Å²) in [5, 5.41) is 10.9. The zero-order chi connectivity index (χ0) is 15.9. The average molecular weight is 315 g/mol. The van der Waals surface area contributed by atoms with Crippen molar-refractivity contribution in [1.29, 1.82) is 0 Å². The minimum atomic E-state index is -3.49. The number of carboxylic acid groups (broad SMARTS) is 1. The SMILES string of the molecule is CCS(=O)(=O)c1ccccc1C(=O)NCCOCC(=O)O. The third-order valence-corrected chi connectivity index (χ3v) is 4.39. The molecule has 0 radical (unpaired) electrons. The van der Waals surface area contributed by atoms with Crippen molar-refractivity contribution in [3.8, 4) is 0 Å². The Kier molecular flexibility index (Phi) is 6.32. The molecule has 0 heterocycles. The first-order valence-electron chi connectivity index (χ1n) is 6.28. The van der Waals surface area contributed by atoms with E-state index in [-0.39, 0.29) is 29.4 Å². The Morgan fingerprint density at radius 1 is 1.29 bits per heavy atom. The van der Waals surface area contributed by atoms with Gasteiger partial charge in [0.25, 0.3) is 5.91 Å². The van der Waals surface area contributed by atoms with Crippen LogP contribution in [0.25, 0.3) is 0 Å². The van der Waals surface area contributed by atoms with Crippen LogP contribution in [0, 0.1) is 0 Å². The average Bonchev–Trinajstić information content (AvgIpc) is 2.46. The lowest BCUT2D eigenvalue weighted by Crippen LogP contribution is -2.29. The van der Waals surface area contributed by atoms with Gasteiger partial charge in [-0.05, 0) is 12.1 Å². The maximum Gasteiger partial charge on any atom is 0.329 e. The molecule has 2 N–H and O–H groups in total. The maximum atomic E-state index is 12.0. The summed E-state index contributed by atoms with van der Waals surface area (Å²) in [6.45, 7) is 1.17. The van der Waals surface area contributed by atoms with E-state index in [1.54, 1.807) is 12.1 Å². The summed E-state index contributed by atoms with van der Waals surface area (Å²) in [5.41, 5.74) is 0.0672. The van der Waals surface area contributed by atoms with E-state index >= 15 is 0 Å². The Balaban J connectivity index is 2.69. The molecule has 0 aliphatic rings. The Bertz CT molecular complexity index is 611. The van der Waals surface area contributed by atoms with Gasteiger partial charge in [0, 0.05) is 6.54 Å². The molecule has 0 atom stereocenters. The molecule has 1 amide bonds. The van der Waals surface area contributed by atoms with Crippen molar-refractivity contribution >= 4 is 21.7 Å². The largest absolute Gasteiger partial charge is 0.480 e. The minimum Gasteiger partial charge on any atom is -0.480 e. The quantitative estimate of drug-likeness (QED) is 0.668. The zero-order valence-electron chi connectivity index (χ0n) is 11.5. The lowest BCUT2D eigenvalue weighted by Gasteiger charge is -2.10. The molecule has 1 aromatic rings. The van der Waals surface area contributed by atoms with Gasteiger partial charge in [0.05, 0.1) is 22.8 Å². The molecule has 7 nitrogen and oxygen atoms in total. The predicted octanol–water partition coefficient (Wildman–Crippen LogP) is 0.311. The van der Waals surface area contributed by atoms with Gasteiger partial charge in [-0.2, -0.15) is 0 Å². The fourth-order valence-corrected chi connectivity index (χ4v) is 2.67. The van der Waals surface area contributed by atoms with Crippen LogP contribution < -0.4 is 5.32 Å². The van der Waals surface area contributed by atoms with Crippen LogP contribution in [0.2, 0.25) is 0 Å². The minimum absolute atomic E-state index is 0.0172. The Morgan fingerprint density at radius 2 is 1.95 bits per heavy atom. The van der Waals surface area contributed by atoms with Gasteiger partial charge in [0.1, 0.15) is 6.61 Å². The van der Waals surface area contributed by atoms with Crippen molar-refractivity contribution in [2.24, 2.45) is 0 Å². The number of carbonyl (C=O) groups is 2. The number of aliphatic carboxylic acids is 1. The van der Waals surface area contributed by atoms with E-state index in [2.05, 4.69) is 5.32 Å². The van der Waals surface area contributed by atoms with Gasteiger partial charge >= 0.3 is 5.97 Å². The van der Waals surface area contributed by atoms with Gasteiger partial charge in [-0.1, -0.05) is 19.1 Å². The molecular weight excluding hydrogens is 298 g/mol. The van der Waals surface area contributed by atoms with Gasteiger partial charge in [0.2, 0.25) is 0 Å². The number of rotatable bonds is 8. The van der Waals surface area contributed by atoms with Crippen LogP contribution in [-0.2, 0) is 19.4 Å². The highest BCUT2D eigenvalue weighted by molar-refractivity contribution is 7.91. The van der Waals surface area contributed by atoms with Crippen molar-refractivity contribution in [2.75, 3.05) is 25.5 Å². The molecule has 0 aliphatic carbocycles. The van der Waals surface area contributed by atoms with E-state index in [0.29, 0.717) is 0 Å². The molecular formula is C13H17NO6S. The molecule has 0 fully saturated rings. The van der Waals surface area contributed by atoms with Crippen molar-refractivity contribution in [3.05, 3.63) is 29.8 Å². The van der Waals surface area contributed by atoms with Crippen LogP contribution in [0.4, 0.5) is 0 Å². The molecule has 0 aromatic heterocycles. The highest BCUT2D eigenvalue weighted by atomic mass is 32.2. The van der Waals surface area contributed by atoms with Gasteiger partial charge in [-0.25, -0.2) is 13.2 Å². The molecule has 1 aromatic carbocycles. The summed E-state index contributed by atoms with van der Waals surface area (Å²) in [6.07, 6.45) is 0. The zero-order valence-corrected chi connectivity index (χ0v) is 12.4. The number of sulfone groups is 1. The number of hydrogen-bond donors (Lipinski definition) is 2. The molecule has 0 saturated heterocycles. The number of hydrogen-bond acceptors (Lipinski definition) is 5. The summed E-state index contributed by atoms with van der Waals surface area (Å²) in [5.74, 6) is -1.73. The molecule has 0 unspecified atom stereocenters. The van der Waals surface area contributed by atoms with E-state index in [4.69, 9.17) is 9.84 Å². The Morgan fingerprint density at radius 3 is 2.57 bits per heavy atom. The number of nitrogens with one attached hydrogen (secondary N) is 1. The molecule has 21 heavy (non-hydrogen) atoms. The topological polar surface area (TPSA) is 110 Å². The summed E-state index contributed by atoms with van der Waals surface area (Å²) in [7, 11) is -3.49. The van der Waals surface area contributed by atoms with Crippen LogP contribution in [0.5, 0.6) is 0 Å². The van der Waals surface area contributed by atoms with E-state index in [1.807, 2.05) is 0 Å². The second-order valence-electron chi connectivity index (χ2n) is 4.10. The van der Waals surface area contributed by atoms with E-state index in [9.17, 15) is 18.0 Å². The molecule has 1 rings (SSSR count). The smallest absolute Gasteiger partial charge is 0.329 e. The summed E-state index contributed by atoms with van der Waals surface area (Å²) >= 11 is 0. The standard InChI is InChI=1S/C13H17NO6S/c1-2-21(18,19)11-6-4-3-5-10(11)13(17)14-7-8-20-9-12(15)16/h3-6H,2,7-9H2,1H3,(H,14,17)(H,15,16). The second-order valence-corrected chi connectivity index (χ2v) is 6.35. The third kappa shape index (κ3) is 5.16. The Hall–Kier alpha value is -1.93. The number of benzene rings is 1. The van der Waals surface area contributed by atoms with E-state index in [1.165, 1.54) is 19.1 Å². The molecule has 8 heteroatoms. The van der Waals surface area contributed by atoms with Gasteiger partial charge < -0.3 is 15.2 Å². The lowest BCUT2D eigenvalue weighted by atomic mass is 10.2. The molecule has 0 spiro atoms. The summed E-state index contributed by atoms with van der Waals surface area (Å²) in [6, 6.07) is 5.93. The first-order chi connectivity index (χ1) is 9.88. The third-order valence-electron chi connectivity index (χ3n) is 2.60. The summed E-state index contributed by atoms with van der Waals surface area (Å²) in [4.78, 5) is 22.2. The van der Waals surface area contributed by atoms with Gasteiger partial charge in [0.15, 0.2) is 9.84 Å². The number of amides is 1. The fourth-order valence-electron chi connectivity index (χ4n) is 1.57. The lowest BCUT2D eigenvalue weighted by molar-refractivity contribution is -0.142. The highest BCUT2D eigenvalue weighted by Gasteiger charge is 2.20. The number of carboxylic acids is 1. The van der Waals surface area contributed by atoms with Crippen molar-refractivity contribution < 1.29 is 27.9 Å². The monoisotopic (exact) mass is 315 g/mol. The van der Waals surface area contributed by atoms with Gasteiger partial charge in [-0.15, -0.1) is 0 Å². The van der Waals surface area contributed by atoms with Crippen molar-refractivity contribution in [1.82, 2.24) is 5.32 Å². The van der Waals surface area contributed by atoms with E-state index < -0.39 is 28.3 Å². The Labute approximate surface area is 122 Å². The fraction of sp³-hybridized carbons (Fsp3) is 0.385. The van der Waals surface area contributed by atoms with E-state index in [0.717, 1.165) is 0 Å². The normalized spacial score (nSPS) is 11.1. The first kappa shape index (κ1) is 17.1. The maximum absolute atomic E-state index is 12.0. The summed E-state index contributed by atoms with van der Waals surface area (Å²) < 4.78 is 28.6. The number of ether oxygens (including phenoxy) is 1. The predicted molar refractivity (Wildman–Crippen MR) is 75.0 cm³/mol. The van der Waals surface area contributed by atoms with Gasteiger partial charge in [-0.3, -0.25) is 4.79 Å². The van der Waals surface area contributed by atoms with Crippen LogP contribution >= 0.6 is 0 Å². The van der Waals surface area contributed by atoms with Crippen molar-refractivity contribution in [2.45, 2.75) is 11.8 Å². The van der Waals surface area contributed by atoms with Crippen molar-refractivity contribution in [3.63, 3.8) is 0 Å². The molecule has 0 saturated carbocycles.